The van der Waals surface area contributed by atoms with E-state index >= 15 is 0 Å². The molecule has 1 aromatic heterocycles. The number of aromatic nitrogens is 2. The lowest BCUT2D eigenvalue weighted by molar-refractivity contribution is -0.0120. The van der Waals surface area contributed by atoms with E-state index in [-0.39, 0.29) is 5.91 Å². The van der Waals surface area contributed by atoms with Gasteiger partial charge in [0.1, 0.15) is 0 Å². The van der Waals surface area contributed by atoms with Crippen molar-refractivity contribution in [3.8, 4) is 0 Å². The van der Waals surface area contributed by atoms with E-state index in [4.69, 9.17) is 5.73 Å². The molecule has 132 valence electrons. The molecule has 0 spiro atoms. The first kappa shape index (κ1) is 16.0. The number of aryl methyl sites for hydroxylation is 1. The van der Waals surface area contributed by atoms with Gasteiger partial charge < -0.3 is 11.1 Å². The van der Waals surface area contributed by atoms with Crippen molar-refractivity contribution in [1.29, 1.82) is 0 Å². The Morgan fingerprint density at radius 2 is 1.88 bits per heavy atom. The number of hydrogen-bond donors (Lipinski definition) is 2. The number of anilines is 1. The van der Waals surface area contributed by atoms with E-state index in [2.05, 4.69) is 17.3 Å². The highest BCUT2D eigenvalue weighted by Crippen LogP contribution is 2.53. The van der Waals surface area contributed by atoms with Crippen molar-refractivity contribution in [2.75, 3.05) is 5.73 Å². The Labute approximate surface area is 144 Å². The van der Waals surface area contributed by atoms with Crippen LogP contribution >= 0.6 is 0 Å². The molecular weight excluding hydrogens is 300 g/mol. The van der Waals surface area contributed by atoms with E-state index in [0.717, 1.165) is 24.8 Å². The van der Waals surface area contributed by atoms with E-state index in [9.17, 15) is 4.79 Å². The fourth-order valence-electron chi connectivity index (χ4n) is 5.63. The van der Waals surface area contributed by atoms with E-state index < -0.39 is 0 Å². The summed E-state index contributed by atoms with van der Waals surface area (Å²) in [6, 6.07) is 0.343. The molecule has 3 N–H and O–H groups in total. The molecule has 1 heterocycles. The lowest BCUT2D eigenvalue weighted by atomic mass is 9.54. The summed E-state index contributed by atoms with van der Waals surface area (Å²) in [4.78, 5) is 12.7. The summed E-state index contributed by atoms with van der Waals surface area (Å²) in [5.74, 6) is 3.13. The minimum absolute atomic E-state index is 0.0702. The number of nitrogens with zero attached hydrogens (tertiary/aromatic N) is 2. The lowest BCUT2D eigenvalue weighted by Gasteiger charge is -2.54. The van der Waals surface area contributed by atoms with Crippen molar-refractivity contribution < 1.29 is 4.79 Å². The molecule has 4 aliphatic rings. The van der Waals surface area contributed by atoms with Crippen LogP contribution in [0.4, 0.5) is 5.69 Å². The van der Waals surface area contributed by atoms with Crippen molar-refractivity contribution in [2.45, 2.75) is 70.9 Å². The van der Waals surface area contributed by atoms with Crippen LogP contribution in [-0.4, -0.2) is 21.7 Å². The van der Waals surface area contributed by atoms with Gasteiger partial charge in [-0.15, -0.1) is 0 Å². The van der Waals surface area contributed by atoms with E-state index in [0.29, 0.717) is 29.3 Å². The Balaban J connectivity index is 1.41. The maximum absolute atomic E-state index is 12.7. The van der Waals surface area contributed by atoms with Crippen LogP contribution in [0.25, 0.3) is 0 Å². The largest absolute Gasteiger partial charge is 0.396 e. The quantitative estimate of drug-likeness (QED) is 0.787. The van der Waals surface area contributed by atoms with Gasteiger partial charge in [-0.05, 0) is 62.2 Å². The molecule has 0 atom stereocenters. The van der Waals surface area contributed by atoms with E-state index in [1.807, 2.05) is 10.9 Å². The third kappa shape index (κ3) is 2.93. The van der Waals surface area contributed by atoms with Crippen LogP contribution < -0.4 is 11.1 Å². The number of nitrogen functional groups attached to an aromatic ring is 1. The predicted octanol–water partition coefficient (Wildman–Crippen LogP) is 3.21. The zero-order valence-electron chi connectivity index (χ0n) is 14.7. The molecule has 4 bridgehead atoms. The molecule has 1 amide bonds. The number of hydrogen-bond acceptors (Lipinski definition) is 3. The summed E-state index contributed by atoms with van der Waals surface area (Å²) in [7, 11) is 0. The number of nitrogens with two attached hydrogens (primary N) is 1. The van der Waals surface area contributed by atoms with Gasteiger partial charge in [0.15, 0.2) is 5.69 Å². The molecule has 4 aliphatic carbocycles. The standard InChI is InChI=1S/C19H30N4O/c1-2-3-4-5-23-11-16(20)18(22-23)19(24)21-17-14-7-12-6-13(9-14)10-15(17)8-12/h11-15,17H,2-10,20H2,1H3,(H,21,24). The van der Waals surface area contributed by atoms with Gasteiger partial charge in [-0.3, -0.25) is 9.48 Å². The van der Waals surface area contributed by atoms with Crippen molar-refractivity contribution >= 4 is 11.6 Å². The first-order valence-corrected chi connectivity index (χ1v) is 9.77. The molecule has 4 saturated carbocycles. The summed E-state index contributed by atoms with van der Waals surface area (Å²) in [6.45, 7) is 3.02. The van der Waals surface area contributed by atoms with Crippen LogP contribution in [0.1, 0.15) is 68.8 Å². The summed E-state index contributed by atoms with van der Waals surface area (Å²) in [5.41, 5.74) is 6.98. The number of carbonyl (C=O) groups excluding carboxylic acids is 1. The van der Waals surface area contributed by atoms with Gasteiger partial charge in [0.25, 0.3) is 5.91 Å². The minimum Gasteiger partial charge on any atom is -0.396 e. The molecule has 0 radical (unpaired) electrons. The average Bonchev–Trinajstić information content (AvgIpc) is 2.91. The molecule has 1 aromatic rings. The average molecular weight is 330 g/mol. The minimum atomic E-state index is -0.0702. The van der Waals surface area contributed by atoms with Gasteiger partial charge in [-0.2, -0.15) is 5.10 Å². The zero-order valence-corrected chi connectivity index (χ0v) is 14.7. The number of unbranched alkanes of at least 4 members (excludes halogenated alkanes) is 2. The van der Waals surface area contributed by atoms with Crippen LogP contribution in [-0.2, 0) is 6.54 Å². The molecule has 5 nitrogen and oxygen atoms in total. The van der Waals surface area contributed by atoms with Crippen molar-refractivity contribution in [3.05, 3.63) is 11.9 Å². The Kier molecular flexibility index (Phi) is 4.27. The Morgan fingerprint density at radius 1 is 1.21 bits per heavy atom. The van der Waals surface area contributed by atoms with Crippen LogP contribution in [0.2, 0.25) is 0 Å². The number of nitrogens with one attached hydrogen (secondary N) is 1. The highest BCUT2D eigenvalue weighted by Gasteiger charge is 2.48. The molecular formula is C19H30N4O. The first-order valence-electron chi connectivity index (χ1n) is 9.77. The summed E-state index contributed by atoms with van der Waals surface area (Å²) >= 11 is 0. The molecule has 0 saturated heterocycles. The second-order valence-corrected chi connectivity index (χ2v) is 8.33. The molecule has 24 heavy (non-hydrogen) atoms. The highest BCUT2D eigenvalue weighted by molar-refractivity contribution is 5.97. The number of carbonyl (C=O) groups is 1. The Bertz CT molecular complexity index is 581. The van der Waals surface area contributed by atoms with Gasteiger partial charge in [-0.25, -0.2) is 0 Å². The summed E-state index contributed by atoms with van der Waals surface area (Å²) in [6.07, 6.45) is 11.9. The van der Waals surface area contributed by atoms with Crippen molar-refractivity contribution in [1.82, 2.24) is 15.1 Å². The molecule has 5 rings (SSSR count). The first-order chi connectivity index (χ1) is 11.6. The predicted molar refractivity (Wildman–Crippen MR) is 94.5 cm³/mol. The van der Waals surface area contributed by atoms with Crippen molar-refractivity contribution in [2.24, 2.45) is 23.7 Å². The normalized spacial score (nSPS) is 33.8. The molecule has 0 unspecified atom stereocenters. The maximum atomic E-state index is 12.7. The molecule has 0 aliphatic heterocycles. The summed E-state index contributed by atoms with van der Waals surface area (Å²) in [5, 5.41) is 7.75. The second kappa shape index (κ2) is 6.41. The fraction of sp³-hybridized carbons (Fsp3) is 0.789. The molecule has 5 heteroatoms. The smallest absolute Gasteiger partial charge is 0.274 e. The number of rotatable bonds is 6. The van der Waals surface area contributed by atoms with Gasteiger partial charge in [0, 0.05) is 18.8 Å². The summed E-state index contributed by atoms with van der Waals surface area (Å²) < 4.78 is 1.83. The van der Waals surface area contributed by atoms with Crippen LogP contribution in [0.5, 0.6) is 0 Å². The van der Waals surface area contributed by atoms with Crippen molar-refractivity contribution in [3.63, 3.8) is 0 Å². The molecule has 4 fully saturated rings. The van der Waals surface area contributed by atoms with Crippen LogP contribution in [0.3, 0.4) is 0 Å². The highest BCUT2D eigenvalue weighted by atomic mass is 16.2. The third-order valence-electron chi connectivity index (χ3n) is 6.52. The third-order valence-corrected chi connectivity index (χ3v) is 6.52. The van der Waals surface area contributed by atoms with E-state index in [1.54, 1.807) is 0 Å². The Hall–Kier alpha value is -1.52. The topological polar surface area (TPSA) is 72.9 Å². The van der Waals surface area contributed by atoms with E-state index in [1.165, 1.54) is 44.9 Å². The second-order valence-electron chi connectivity index (χ2n) is 8.33. The molecule has 0 aromatic carbocycles. The zero-order chi connectivity index (χ0) is 16.7. The van der Waals surface area contributed by atoms with Crippen LogP contribution in [0, 0.1) is 23.7 Å². The van der Waals surface area contributed by atoms with Gasteiger partial charge in [0.05, 0.1) is 5.69 Å². The van der Waals surface area contributed by atoms with Gasteiger partial charge in [0.2, 0.25) is 0 Å². The SMILES string of the molecule is CCCCCn1cc(N)c(C(=O)NC2C3CC4CC(C3)CC2C4)n1. The maximum Gasteiger partial charge on any atom is 0.274 e. The van der Waals surface area contributed by atoms with Gasteiger partial charge >= 0.3 is 0 Å². The lowest BCUT2D eigenvalue weighted by Crippen LogP contribution is -2.55. The van der Waals surface area contributed by atoms with Crippen LogP contribution in [0.15, 0.2) is 6.20 Å². The number of amides is 1. The monoisotopic (exact) mass is 330 g/mol. The van der Waals surface area contributed by atoms with Gasteiger partial charge in [-0.1, -0.05) is 19.8 Å². The Morgan fingerprint density at radius 3 is 2.50 bits per heavy atom. The fourth-order valence-corrected chi connectivity index (χ4v) is 5.63.